The molecular weight excluding hydrogens is 228 g/mol. The van der Waals surface area contributed by atoms with Crippen molar-refractivity contribution >= 4 is 22.2 Å². The second kappa shape index (κ2) is 2.47. The molecule has 2 aliphatic rings. The van der Waals surface area contributed by atoms with Gasteiger partial charge in [-0.2, -0.15) is 0 Å². The number of carbonyl (C=O) groups excluding carboxylic acids is 1. The second-order valence-corrected chi connectivity index (χ2v) is 5.83. The summed E-state index contributed by atoms with van der Waals surface area (Å²) in [6.07, 6.45) is 3.43. The molecule has 0 aromatic carbocycles. The molecular formula is C11H15BrO. The van der Waals surface area contributed by atoms with Crippen LogP contribution in [0.25, 0.3) is 0 Å². The zero-order valence-corrected chi connectivity index (χ0v) is 9.94. The van der Waals surface area contributed by atoms with E-state index in [0.29, 0.717) is 5.92 Å². The van der Waals surface area contributed by atoms with Crippen molar-refractivity contribution in [2.75, 3.05) is 0 Å². The van der Waals surface area contributed by atoms with E-state index >= 15 is 0 Å². The quantitative estimate of drug-likeness (QED) is 0.646. The molecule has 1 saturated carbocycles. The number of allylic oxidation sites excluding steroid dienone is 2. The van der Waals surface area contributed by atoms with Crippen LogP contribution in [-0.4, -0.2) is 6.29 Å². The van der Waals surface area contributed by atoms with E-state index in [-0.39, 0.29) is 10.8 Å². The largest absolute Gasteiger partial charge is 0.298 e. The van der Waals surface area contributed by atoms with Crippen LogP contribution in [0.2, 0.25) is 0 Å². The van der Waals surface area contributed by atoms with Crippen LogP contribution in [0.4, 0.5) is 0 Å². The number of carbonyl (C=O) groups is 1. The third kappa shape index (κ3) is 0.855. The van der Waals surface area contributed by atoms with Crippen LogP contribution in [0.5, 0.6) is 0 Å². The molecule has 2 bridgehead atoms. The molecule has 13 heavy (non-hydrogen) atoms. The molecule has 0 aromatic heterocycles. The lowest BCUT2D eigenvalue weighted by Crippen LogP contribution is -2.28. The van der Waals surface area contributed by atoms with Crippen LogP contribution < -0.4 is 0 Å². The molecule has 2 atom stereocenters. The van der Waals surface area contributed by atoms with Crippen molar-refractivity contribution in [3.63, 3.8) is 0 Å². The maximum atomic E-state index is 10.9. The van der Waals surface area contributed by atoms with Crippen molar-refractivity contribution in [3.05, 3.63) is 10.1 Å². The van der Waals surface area contributed by atoms with Crippen molar-refractivity contribution in [3.8, 4) is 0 Å². The van der Waals surface area contributed by atoms with Crippen molar-refractivity contribution in [1.29, 1.82) is 0 Å². The van der Waals surface area contributed by atoms with Gasteiger partial charge in [0, 0.05) is 15.5 Å². The fourth-order valence-electron chi connectivity index (χ4n) is 3.04. The van der Waals surface area contributed by atoms with Gasteiger partial charge in [0.05, 0.1) is 0 Å². The summed E-state index contributed by atoms with van der Waals surface area (Å²) in [4.78, 5) is 10.9. The van der Waals surface area contributed by atoms with Gasteiger partial charge < -0.3 is 0 Å². The van der Waals surface area contributed by atoms with Gasteiger partial charge in [0.15, 0.2) is 0 Å². The van der Waals surface area contributed by atoms with Gasteiger partial charge in [0.1, 0.15) is 6.29 Å². The topological polar surface area (TPSA) is 17.1 Å². The first kappa shape index (κ1) is 9.45. The molecule has 1 nitrogen and oxygen atoms in total. The summed E-state index contributed by atoms with van der Waals surface area (Å²) in [6, 6.07) is 0. The van der Waals surface area contributed by atoms with Crippen LogP contribution in [0.3, 0.4) is 0 Å². The van der Waals surface area contributed by atoms with Gasteiger partial charge in [-0.15, -0.1) is 0 Å². The Hall–Kier alpha value is -0.110. The highest BCUT2D eigenvalue weighted by Crippen LogP contribution is 2.68. The summed E-state index contributed by atoms with van der Waals surface area (Å²) in [7, 11) is 0. The summed E-state index contributed by atoms with van der Waals surface area (Å²) in [6.45, 7) is 6.83. The molecule has 0 aromatic rings. The number of halogens is 1. The van der Waals surface area contributed by atoms with E-state index in [1.807, 2.05) is 0 Å². The molecule has 2 heteroatoms. The Morgan fingerprint density at radius 1 is 1.46 bits per heavy atom. The highest BCUT2D eigenvalue weighted by atomic mass is 79.9. The van der Waals surface area contributed by atoms with Crippen LogP contribution >= 0.6 is 15.9 Å². The molecule has 72 valence electrons. The third-order valence-electron chi connectivity index (χ3n) is 4.47. The minimum Gasteiger partial charge on any atom is -0.298 e. The fraction of sp³-hybridized carbons (Fsp3) is 0.727. The van der Waals surface area contributed by atoms with E-state index < -0.39 is 0 Å². The number of hydrogen-bond donors (Lipinski definition) is 0. The fourth-order valence-corrected chi connectivity index (χ4v) is 4.12. The average Bonchev–Trinajstić information content (AvgIpc) is 2.36. The Balaban J connectivity index is 2.58. The number of hydrogen-bond acceptors (Lipinski definition) is 1. The zero-order valence-electron chi connectivity index (χ0n) is 8.36. The standard InChI is InChI=1S/C11H15BrO/c1-10(2)8-4-5-11(10,3)9(12)7(8)6-13/h6,8H,4-5H2,1-3H3/t8-,11+/m1/s1. The highest BCUT2D eigenvalue weighted by molar-refractivity contribution is 9.11. The van der Waals surface area contributed by atoms with Crippen molar-refractivity contribution in [2.24, 2.45) is 16.7 Å². The number of rotatable bonds is 1. The molecule has 0 aliphatic heterocycles. The van der Waals surface area contributed by atoms with Gasteiger partial charge in [-0.1, -0.05) is 36.7 Å². The average molecular weight is 243 g/mol. The summed E-state index contributed by atoms with van der Waals surface area (Å²) in [5, 5.41) is 0. The summed E-state index contributed by atoms with van der Waals surface area (Å²) in [5.41, 5.74) is 1.47. The van der Waals surface area contributed by atoms with Crippen molar-refractivity contribution < 1.29 is 4.79 Å². The maximum Gasteiger partial charge on any atom is 0.147 e. The molecule has 0 radical (unpaired) electrons. The predicted octanol–water partition coefficient (Wildman–Crippen LogP) is 3.29. The van der Waals surface area contributed by atoms with Crippen molar-refractivity contribution in [1.82, 2.24) is 0 Å². The van der Waals surface area contributed by atoms with Crippen LogP contribution in [0.15, 0.2) is 10.1 Å². The Morgan fingerprint density at radius 3 is 2.38 bits per heavy atom. The first-order valence-corrected chi connectivity index (χ1v) is 5.60. The molecule has 0 N–H and O–H groups in total. The monoisotopic (exact) mass is 242 g/mol. The molecule has 0 saturated heterocycles. The van der Waals surface area contributed by atoms with Gasteiger partial charge in [-0.05, 0) is 24.2 Å². The molecule has 0 unspecified atom stereocenters. The normalized spacial score (nSPS) is 41.4. The highest BCUT2D eigenvalue weighted by Gasteiger charge is 2.59. The van der Waals surface area contributed by atoms with Crippen LogP contribution in [0, 0.1) is 16.7 Å². The molecule has 2 rings (SSSR count). The minimum absolute atomic E-state index is 0.202. The first-order valence-electron chi connectivity index (χ1n) is 4.80. The van der Waals surface area contributed by atoms with Crippen LogP contribution in [-0.2, 0) is 4.79 Å². The predicted molar refractivity (Wildman–Crippen MR) is 56.6 cm³/mol. The first-order chi connectivity index (χ1) is 5.95. The van der Waals surface area contributed by atoms with E-state index in [9.17, 15) is 4.79 Å². The van der Waals surface area contributed by atoms with Gasteiger partial charge in [0.25, 0.3) is 0 Å². The summed E-state index contributed by atoms with van der Waals surface area (Å²) >= 11 is 3.60. The number of fused-ring (bicyclic) bond motifs is 2. The molecule has 0 spiro atoms. The SMILES string of the molecule is CC1(C)[C@@H]2CC[C@@]1(C)C(Br)=C2C=O. The van der Waals surface area contributed by atoms with E-state index in [1.54, 1.807) is 0 Å². The molecule has 1 fully saturated rings. The Morgan fingerprint density at radius 2 is 2.08 bits per heavy atom. The second-order valence-electron chi connectivity index (χ2n) is 5.03. The third-order valence-corrected chi connectivity index (χ3v) is 5.80. The van der Waals surface area contributed by atoms with E-state index in [4.69, 9.17) is 0 Å². The molecule has 0 heterocycles. The molecule has 0 amide bonds. The van der Waals surface area contributed by atoms with Gasteiger partial charge in [-0.25, -0.2) is 0 Å². The maximum absolute atomic E-state index is 10.9. The van der Waals surface area contributed by atoms with E-state index in [0.717, 1.165) is 16.3 Å². The van der Waals surface area contributed by atoms with Crippen LogP contribution in [0.1, 0.15) is 33.6 Å². The lowest BCUT2D eigenvalue weighted by Gasteiger charge is -2.35. The Labute approximate surface area is 87.7 Å². The lowest BCUT2D eigenvalue weighted by atomic mass is 9.70. The molecule has 2 aliphatic carbocycles. The lowest BCUT2D eigenvalue weighted by molar-refractivity contribution is -0.105. The van der Waals surface area contributed by atoms with E-state index in [2.05, 4.69) is 36.7 Å². The van der Waals surface area contributed by atoms with Gasteiger partial charge >= 0.3 is 0 Å². The van der Waals surface area contributed by atoms with Crippen molar-refractivity contribution in [2.45, 2.75) is 33.6 Å². The van der Waals surface area contributed by atoms with Gasteiger partial charge in [-0.3, -0.25) is 4.79 Å². The smallest absolute Gasteiger partial charge is 0.147 e. The Kier molecular flexibility index (Phi) is 1.80. The zero-order chi connectivity index (χ0) is 9.85. The van der Waals surface area contributed by atoms with Gasteiger partial charge in [0.2, 0.25) is 0 Å². The summed E-state index contributed by atoms with van der Waals surface area (Å²) in [5.74, 6) is 0.476. The minimum atomic E-state index is 0.202. The number of aldehydes is 1. The Bertz CT molecular complexity index is 303. The summed E-state index contributed by atoms with van der Waals surface area (Å²) < 4.78 is 1.16. The van der Waals surface area contributed by atoms with E-state index in [1.165, 1.54) is 12.8 Å².